The molecule has 0 aromatic heterocycles. The van der Waals surface area contributed by atoms with Gasteiger partial charge in [0.05, 0.1) is 0 Å². The Morgan fingerprint density at radius 2 is 0.662 bits per heavy atom. The van der Waals surface area contributed by atoms with E-state index in [2.05, 4.69) is 254 Å². The zero-order chi connectivity index (χ0) is 52.9. The minimum atomic E-state index is -2.46. The monoisotopic (exact) mass is 1010 g/mol. The van der Waals surface area contributed by atoms with Crippen molar-refractivity contribution in [2.24, 2.45) is 0 Å². The van der Waals surface area contributed by atoms with Gasteiger partial charge in [0.1, 0.15) is 36.2 Å². The molecule has 0 N–H and O–H groups in total. The predicted molar refractivity (Wildman–Crippen MR) is 323 cm³/mol. The third-order valence-corrected chi connectivity index (χ3v) is 27.8. The molecule has 0 bridgehead atoms. The van der Waals surface area contributed by atoms with E-state index in [1.807, 2.05) is 12.2 Å². The summed E-state index contributed by atoms with van der Waals surface area (Å²) < 4.78 is 28.9. The SMILES string of the molecule is C=Cc1ccc(-c2ccc(COc3ccc4c(-c5c(O[Si](C(C)C)(C(C)C)C(C)C)ccc6cc(OCc7ccc(-c8ccc(C=C)cc8)cc7)ccc56)c(O[Si](C(C)C)(C(C)C)C(C)C)ccc4c3)cc2)cc1. The number of hydrogen-bond acceptors (Lipinski definition) is 4. The van der Waals surface area contributed by atoms with Crippen molar-refractivity contribution in [1.29, 1.82) is 0 Å². The summed E-state index contributed by atoms with van der Waals surface area (Å²) in [7, 11) is -4.92. The fourth-order valence-electron chi connectivity index (χ4n) is 12.1. The van der Waals surface area contributed by atoms with Crippen molar-refractivity contribution in [1.82, 2.24) is 0 Å². The van der Waals surface area contributed by atoms with Crippen molar-refractivity contribution in [2.75, 3.05) is 0 Å². The summed E-state index contributed by atoms with van der Waals surface area (Å²) in [6.07, 6.45) is 3.74. The van der Waals surface area contributed by atoms with Crippen molar-refractivity contribution >= 4 is 50.3 Å². The van der Waals surface area contributed by atoms with E-state index in [-0.39, 0.29) is 0 Å². The van der Waals surface area contributed by atoms with Crippen LogP contribution in [-0.2, 0) is 13.2 Å². The number of rotatable bonds is 21. The van der Waals surface area contributed by atoms with Gasteiger partial charge in [-0.05, 0) is 148 Å². The minimum Gasteiger partial charge on any atom is -0.542 e. The van der Waals surface area contributed by atoms with Crippen LogP contribution in [0, 0.1) is 0 Å². The van der Waals surface area contributed by atoms with Crippen LogP contribution in [0.5, 0.6) is 23.0 Å². The Bertz CT molecular complexity index is 2940. The average molecular weight is 1020 g/mol. The number of benzene rings is 8. The van der Waals surface area contributed by atoms with Gasteiger partial charge < -0.3 is 18.3 Å². The average Bonchev–Trinajstić information content (AvgIpc) is 3.40. The Morgan fingerprint density at radius 3 is 0.946 bits per heavy atom. The van der Waals surface area contributed by atoms with Gasteiger partial charge in [-0.25, -0.2) is 0 Å². The number of fused-ring (bicyclic) bond motifs is 2. The largest absolute Gasteiger partial charge is 0.542 e. The third-order valence-electron chi connectivity index (χ3n) is 15.8. The van der Waals surface area contributed by atoms with Crippen LogP contribution in [-0.4, -0.2) is 16.6 Å². The molecule has 382 valence electrons. The molecule has 0 saturated carbocycles. The first-order valence-corrected chi connectivity index (χ1v) is 31.2. The van der Waals surface area contributed by atoms with E-state index in [1.54, 1.807) is 0 Å². The maximum Gasteiger partial charge on any atom is 0.258 e. The zero-order valence-electron chi connectivity index (χ0n) is 46.1. The van der Waals surface area contributed by atoms with Crippen LogP contribution in [0.25, 0.3) is 67.1 Å². The summed E-state index contributed by atoms with van der Waals surface area (Å²) in [5.74, 6) is 3.46. The highest BCUT2D eigenvalue weighted by molar-refractivity contribution is 6.79. The van der Waals surface area contributed by atoms with Crippen molar-refractivity contribution in [3.8, 4) is 56.4 Å². The van der Waals surface area contributed by atoms with Gasteiger partial charge >= 0.3 is 0 Å². The highest BCUT2D eigenvalue weighted by atomic mass is 28.4. The van der Waals surface area contributed by atoms with E-state index in [0.717, 1.165) is 77.9 Å². The molecule has 0 amide bonds. The quantitative estimate of drug-likeness (QED) is 0.0672. The number of ether oxygens (including phenoxy) is 2. The van der Waals surface area contributed by atoms with Crippen LogP contribution in [0.15, 0.2) is 171 Å². The lowest BCUT2D eigenvalue weighted by molar-refractivity contribution is 0.306. The molecule has 74 heavy (non-hydrogen) atoms. The van der Waals surface area contributed by atoms with Gasteiger partial charge in [-0.3, -0.25) is 0 Å². The van der Waals surface area contributed by atoms with Crippen LogP contribution < -0.4 is 18.3 Å². The third kappa shape index (κ3) is 10.9. The lowest BCUT2D eigenvalue weighted by Crippen LogP contribution is -2.51. The van der Waals surface area contributed by atoms with E-state index in [0.29, 0.717) is 46.5 Å². The molecule has 8 aromatic rings. The van der Waals surface area contributed by atoms with E-state index in [1.165, 1.54) is 22.3 Å². The molecule has 6 heteroatoms. The van der Waals surface area contributed by atoms with Crippen LogP contribution in [0.4, 0.5) is 0 Å². The summed E-state index contributed by atoms with van der Waals surface area (Å²) in [6.45, 7) is 37.1. The molecule has 0 radical (unpaired) electrons. The standard InChI is InChI=1S/C68H78O4Si2/c1-15-51-17-25-55(26-18-51)57-29-21-53(22-30-57)43-69-61-35-37-63-59(41-61)33-39-65(71-73(45(3)4,46(5)6)47(7)8)67(63)68-64-38-36-62(42-60(64)34-40-66(68)72-74(48(9)10,49(11)12)50(13)14)70-44-54-23-31-58(32-24-54)56-27-19-52(16-2)20-28-56/h15-42,45-50H,1-2,43-44H2,3-14H3. The van der Waals surface area contributed by atoms with Gasteiger partial charge in [0, 0.05) is 11.1 Å². The van der Waals surface area contributed by atoms with Gasteiger partial charge in [-0.2, -0.15) is 0 Å². The Morgan fingerprint density at radius 1 is 0.365 bits per heavy atom. The predicted octanol–water partition coefficient (Wildman–Crippen LogP) is 20.5. The highest BCUT2D eigenvalue weighted by Crippen LogP contribution is 2.53. The van der Waals surface area contributed by atoms with Crippen molar-refractivity contribution in [3.63, 3.8) is 0 Å². The maximum atomic E-state index is 7.83. The molecule has 8 aromatic carbocycles. The Balaban J connectivity index is 1.23. The maximum absolute atomic E-state index is 7.83. The summed E-state index contributed by atoms with van der Waals surface area (Å²) in [4.78, 5) is 0. The Kier molecular flexibility index (Phi) is 16.6. The van der Waals surface area contributed by atoms with Crippen LogP contribution in [0.3, 0.4) is 0 Å². The first-order chi connectivity index (χ1) is 35.5. The molecule has 0 aliphatic carbocycles. The van der Waals surface area contributed by atoms with Gasteiger partial charge in [-0.1, -0.05) is 218 Å². The molecule has 8 rings (SSSR count). The van der Waals surface area contributed by atoms with Gasteiger partial charge in [0.25, 0.3) is 16.6 Å². The van der Waals surface area contributed by atoms with Crippen molar-refractivity contribution < 1.29 is 18.3 Å². The molecule has 0 saturated heterocycles. The van der Waals surface area contributed by atoms with Crippen LogP contribution >= 0.6 is 0 Å². The molecule has 0 unspecified atom stereocenters. The summed E-state index contributed by atoms with van der Waals surface area (Å²) in [5, 5.41) is 4.36. The summed E-state index contributed by atoms with van der Waals surface area (Å²) >= 11 is 0. The molecule has 0 fully saturated rings. The lowest BCUT2D eigenvalue weighted by Gasteiger charge is -2.44. The number of hydrogen-bond donors (Lipinski definition) is 0. The summed E-state index contributed by atoms with van der Waals surface area (Å²) in [5.41, 5.74) is 13.5. The van der Waals surface area contributed by atoms with Gasteiger partial charge in [-0.15, -0.1) is 0 Å². The molecule has 4 nitrogen and oxygen atoms in total. The van der Waals surface area contributed by atoms with Gasteiger partial charge in [0.2, 0.25) is 0 Å². The topological polar surface area (TPSA) is 36.9 Å². The Hall–Kier alpha value is -6.61. The van der Waals surface area contributed by atoms with E-state index >= 15 is 0 Å². The van der Waals surface area contributed by atoms with E-state index in [9.17, 15) is 0 Å². The second kappa shape index (κ2) is 22.9. The van der Waals surface area contributed by atoms with Crippen LogP contribution in [0.2, 0.25) is 33.2 Å². The van der Waals surface area contributed by atoms with Crippen LogP contribution in [0.1, 0.15) is 105 Å². The van der Waals surface area contributed by atoms with Gasteiger partial charge in [0.15, 0.2) is 0 Å². The minimum absolute atomic E-state index is 0.375. The Labute approximate surface area is 445 Å². The highest BCUT2D eigenvalue weighted by Gasteiger charge is 2.49. The van der Waals surface area contributed by atoms with E-state index in [4.69, 9.17) is 18.3 Å². The molecule has 0 aliphatic rings. The molecule has 0 atom stereocenters. The fraction of sp³-hybridized carbons (Fsp3) is 0.294. The summed E-state index contributed by atoms with van der Waals surface area (Å²) in [6, 6.07) is 56.3. The van der Waals surface area contributed by atoms with Crippen molar-refractivity contribution in [3.05, 3.63) is 193 Å². The lowest BCUT2D eigenvalue weighted by atomic mass is 9.92. The molecule has 0 heterocycles. The second-order valence-corrected chi connectivity index (χ2v) is 32.9. The first-order valence-electron chi connectivity index (χ1n) is 26.9. The molecule has 0 spiro atoms. The van der Waals surface area contributed by atoms with Crippen molar-refractivity contribution in [2.45, 2.75) is 130 Å². The normalized spacial score (nSPS) is 12.2. The molecular formula is C68H78O4Si2. The molecular weight excluding hydrogens is 937 g/mol. The smallest absolute Gasteiger partial charge is 0.258 e. The second-order valence-electron chi connectivity index (χ2n) is 22.1. The molecule has 0 aliphatic heterocycles. The zero-order valence-corrected chi connectivity index (χ0v) is 48.1. The fourth-order valence-corrected chi connectivity index (χ4v) is 22.6. The van der Waals surface area contributed by atoms with E-state index < -0.39 is 16.6 Å². The first kappa shape index (κ1) is 53.7.